The number of hydrogen-bond donors (Lipinski definition) is 1. The summed E-state index contributed by atoms with van der Waals surface area (Å²) in [6, 6.07) is 4.17. The van der Waals surface area contributed by atoms with E-state index >= 15 is 0 Å². The standard InChI is InChI=1S/C14H13FN2O3/c1-16-5-4-9-10-6-8(15)2-3-11(10)17(7-12(18)19)13(9)14(16)20/h2-3,6H,4-5,7H2,1H3,(H,18,19). The number of halogens is 1. The summed E-state index contributed by atoms with van der Waals surface area (Å²) < 4.78 is 14.9. The zero-order valence-corrected chi connectivity index (χ0v) is 10.9. The van der Waals surface area contributed by atoms with Crippen molar-refractivity contribution in [3.63, 3.8) is 0 Å². The molecule has 104 valence electrons. The number of carbonyl (C=O) groups is 2. The molecule has 0 saturated heterocycles. The molecule has 1 aromatic heterocycles. The number of rotatable bonds is 2. The molecule has 1 N–H and O–H groups in total. The maximum Gasteiger partial charge on any atom is 0.323 e. The van der Waals surface area contributed by atoms with Crippen LogP contribution < -0.4 is 0 Å². The SMILES string of the molecule is CN1CCc2c(n(CC(=O)O)c3ccc(F)cc23)C1=O. The minimum atomic E-state index is -1.03. The first-order chi connectivity index (χ1) is 9.49. The van der Waals surface area contributed by atoms with Crippen molar-refractivity contribution in [3.05, 3.63) is 35.3 Å². The second-order valence-electron chi connectivity index (χ2n) is 4.95. The maximum absolute atomic E-state index is 13.4. The van der Waals surface area contributed by atoms with Gasteiger partial charge in [0.15, 0.2) is 0 Å². The second kappa shape index (κ2) is 4.33. The topological polar surface area (TPSA) is 62.5 Å². The molecule has 5 nitrogen and oxygen atoms in total. The third-order valence-electron chi connectivity index (χ3n) is 3.67. The summed E-state index contributed by atoms with van der Waals surface area (Å²) in [5.41, 5.74) is 1.69. The van der Waals surface area contributed by atoms with Crippen molar-refractivity contribution in [1.29, 1.82) is 0 Å². The lowest BCUT2D eigenvalue weighted by atomic mass is 10.0. The Morgan fingerprint density at radius 3 is 2.90 bits per heavy atom. The highest BCUT2D eigenvalue weighted by molar-refractivity contribution is 6.03. The lowest BCUT2D eigenvalue weighted by Gasteiger charge is -2.24. The molecule has 0 atom stereocenters. The molecule has 20 heavy (non-hydrogen) atoms. The number of aromatic nitrogens is 1. The monoisotopic (exact) mass is 276 g/mol. The predicted octanol–water partition coefficient (Wildman–Crippen LogP) is 1.49. The van der Waals surface area contributed by atoms with Gasteiger partial charge in [0.05, 0.1) is 0 Å². The average Bonchev–Trinajstić information content (AvgIpc) is 2.68. The van der Waals surface area contributed by atoms with Crippen LogP contribution >= 0.6 is 0 Å². The van der Waals surface area contributed by atoms with Crippen molar-refractivity contribution in [3.8, 4) is 0 Å². The van der Waals surface area contributed by atoms with Crippen LogP contribution in [0.15, 0.2) is 18.2 Å². The molecule has 3 rings (SSSR count). The molecular weight excluding hydrogens is 263 g/mol. The van der Waals surface area contributed by atoms with Gasteiger partial charge in [-0.25, -0.2) is 4.39 Å². The Hall–Kier alpha value is -2.37. The van der Waals surface area contributed by atoms with E-state index in [1.54, 1.807) is 11.9 Å². The van der Waals surface area contributed by atoms with Crippen LogP contribution in [0.2, 0.25) is 0 Å². The van der Waals surface area contributed by atoms with Crippen molar-refractivity contribution in [1.82, 2.24) is 9.47 Å². The van der Waals surface area contributed by atoms with Crippen LogP contribution in [0.1, 0.15) is 16.1 Å². The number of aliphatic carboxylic acids is 1. The van der Waals surface area contributed by atoms with E-state index in [4.69, 9.17) is 5.11 Å². The molecule has 1 aromatic carbocycles. The second-order valence-corrected chi connectivity index (χ2v) is 4.95. The van der Waals surface area contributed by atoms with E-state index in [0.29, 0.717) is 29.6 Å². The zero-order valence-electron chi connectivity index (χ0n) is 10.9. The van der Waals surface area contributed by atoms with Crippen molar-refractivity contribution in [2.45, 2.75) is 13.0 Å². The van der Waals surface area contributed by atoms with E-state index in [1.807, 2.05) is 0 Å². The molecule has 0 spiro atoms. The van der Waals surface area contributed by atoms with Crippen molar-refractivity contribution >= 4 is 22.8 Å². The molecular formula is C14H13FN2O3. The number of carboxylic acids is 1. The molecule has 1 aliphatic heterocycles. The van der Waals surface area contributed by atoms with E-state index in [-0.39, 0.29) is 18.3 Å². The molecule has 0 fully saturated rings. The molecule has 0 radical (unpaired) electrons. The number of fused-ring (bicyclic) bond motifs is 3. The molecule has 0 saturated carbocycles. The number of benzene rings is 1. The smallest absolute Gasteiger partial charge is 0.323 e. The van der Waals surface area contributed by atoms with Gasteiger partial charge >= 0.3 is 5.97 Å². The minimum absolute atomic E-state index is 0.218. The predicted molar refractivity (Wildman–Crippen MR) is 70.2 cm³/mol. The number of carbonyl (C=O) groups excluding carboxylic acids is 1. The third-order valence-corrected chi connectivity index (χ3v) is 3.67. The fraction of sp³-hybridized carbons (Fsp3) is 0.286. The molecule has 6 heteroatoms. The fourth-order valence-electron chi connectivity index (χ4n) is 2.76. The van der Waals surface area contributed by atoms with Crippen LogP contribution in [-0.2, 0) is 17.8 Å². The first-order valence-corrected chi connectivity index (χ1v) is 6.27. The van der Waals surface area contributed by atoms with Gasteiger partial charge in [-0.3, -0.25) is 9.59 Å². The van der Waals surface area contributed by atoms with E-state index in [1.165, 1.54) is 22.8 Å². The van der Waals surface area contributed by atoms with Crippen LogP contribution in [0.5, 0.6) is 0 Å². The Balaban J connectivity index is 2.34. The summed E-state index contributed by atoms with van der Waals surface area (Å²) in [6.07, 6.45) is 0.601. The summed E-state index contributed by atoms with van der Waals surface area (Å²) in [5.74, 6) is -1.64. The van der Waals surface area contributed by atoms with Gasteiger partial charge in [-0.1, -0.05) is 0 Å². The van der Waals surface area contributed by atoms with Gasteiger partial charge in [0, 0.05) is 24.5 Å². The Bertz CT molecular complexity index is 736. The third kappa shape index (κ3) is 1.76. The van der Waals surface area contributed by atoms with Crippen LogP contribution in [0, 0.1) is 5.82 Å². The Kier molecular flexibility index (Phi) is 2.74. The van der Waals surface area contributed by atoms with Gasteiger partial charge in [-0.15, -0.1) is 0 Å². The van der Waals surface area contributed by atoms with E-state index in [0.717, 1.165) is 5.56 Å². The highest BCUT2D eigenvalue weighted by atomic mass is 19.1. The molecule has 0 unspecified atom stereocenters. The van der Waals surface area contributed by atoms with Gasteiger partial charge in [0.25, 0.3) is 5.91 Å². The largest absolute Gasteiger partial charge is 0.480 e. The summed E-state index contributed by atoms with van der Waals surface area (Å²) >= 11 is 0. The molecule has 0 aliphatic carbocycles. The molecule has 1 amide bonds. The van der Waals surface area contributed by atoms with E-state index in [9.17, 15) is 14.0 Å². The fourth-order valence-corrected chi connectivity index (χ4v) is 2.76. The Morgan fingerprint density at radius 1 is 1.45 bits per heavy atom. The maximum atomic E-state index is 13.4. The van der Waals surface area contributed by atoms with Crippen LogP contribution in [0.4, 0.5) is 4.39 Å². The lowest BCUT2D eigenvalue weighted by molar-refractivity contribution is -0.137. The van der Waals surface area contributed by atoms with Crippen molar-refractivity contribution < 1.29 is 19.1 Å². The van der Waals surface area contributed by atoms with Crippen LogP contribution in [-0.4, -0.2) is 40.0 Å². The summed E-state index contributed by atoms with van der Waals surface area (Å²) in [4.78, 5) is 24.9. The van der Waals surface area contributed by atoms with Crippen LogP contribution in [0.25, 0.3) is 10.9 Å². The van der Waals surface area contributed by atoms with Gasteiger partial charge in [0.1, 0.15) is 18.1 Å². The van der Waals surface area contributed by atoms with Crippen LogP contribution in [0.3, 0.4) is 0 Å². The van der Waals surface area contributed by atoms with E-state index in [2.05, 4.69) is 0 Å². The summed E-state index contributed by atoms with van der Waals surface area (Å²) in [7, 11) is 1.68. The number of amides is 1. The normalized spacial score (nSPS) is 14.7. The Labute approximate surface area is 114 Å². The van der Waals surface area contributed by atoms with E-state index < -0.39 is 5.97 Å². The van der Waals surface area contributed by atoms with Gasteiger partial charge < -0.3 is 14.6 Å². The average molecular weight is 276 g/mol. The van der Waals surface area contributed by atoms with Gasteiger partial charge in [0.2, 0.25) is 0 Å². The summed E-state index contributed by atoms with van der Waals surface area (Å²) in [6.45, 7) is 0.242. The molecule has 0 bridgehead atoms. The van der Waals surface area contributed by atoms with Gasteiger partial charge in [-0.2, -0.15) is 0 Å². The quantitative estimate of drug-likeness (QED) is 0.904. The Morgan fingerprint density at radius 2 is 2.20 bits per heavy atom. The van der Waals surface area contributed by atoms with Gasteiger partial charge in [-0.05, 0) is 30.2 Å². The number of hydrogen-bond acceptors (Lipinski definition) is 2. The molecule has 1 aliphatic rings. The number of nitrogens with zero attached hydrogens (tertiary/aromatic N) is 2. The minimum Gasteiger partial charge on any atom is -0.480 e. The lowest BCUT2D eigenvalue weighted by Crippen LogP contribution is -2.35. The first kappa shape index (κ1) is 12.7. The highest BCUT2D eigenvalue weighted by Gasteiger charge is 2.29. The van der Waals surface area contributed by atoms with Crippen molar-refractivity contribution in [2.24, 2.45) is 0 Å². The number of carboxylic acid groups (broad SMARTS) is 1. The first-order valence-electron chi connectivity index (χ1n) is 6.27. The number of likely N-dealkylation sites (N-methyl/N-ethyl adjacent to an activating group) is 1. The summed E-state index contributed by atoms with van der Waals surface area (Å²) in [5, 5.41) is 9.66. The van der Waals surface area contributed by atoms with Crippen molar-refractivity contribution in [2.75, 3.05) is 13.6 Å². The highest BCUT2D eigenvalue weighted by Crippen LogP contribution is 2.31. The zero-order chi connectivity index (χ0) is 14.4. The molecule has 2 aromatic rings. The molecule has 2 heterocycles.